The Balaban J connectivity index is 1.77. The average molecular weight is 387 g/mol. The van der Waals surface area contributed by atoms with E-state index in [4.69, 9.17) is 16.3 Å². The van der Waals surface area contributed by atoms with E-state index in [1.165, 1.54) is 29.1 Å². The van der Waals surface area contributed by atoms with Gasteiger partial charge in [-0.25, -0.2) is 4.68 Å². The lowest BCUT2D eigenvalue weighted by molar-refractivity contribution is -0.384. The molecule has 1 heterocycles. The summed E-state index contributed by atoms with van der Waals surface area (Å²) in [4.78, 5) is 23.2. The van der Waals surface area contributed by atoms with Crippen molar-refractivity contribution in [3.8, 4) is 5.75 Å². The van der Waals surface area contributed by atoms with E-state index in [0.717, 1.165) is 5.56 Å². The zero-order chi connectivity index (χ0) is 19.4. The summed E-state index contributed by atoms with van der Waals surface area (Å²) in [6, 6.07) is 13.0. The van der Waals surface area contributed by atoms with E-state index in [0.29, 0.717) is 10.8 Å². The summed E-state index contributed by atoms with van der Waals surface area (Å²) in [5.41, 5.74) is 0.840. The molecule has 27 heavy (non-hydrogen) atoms. The Morgan fingerprint density at radius 3 is 2.81 bits per heavy atom. The Morgan fingerprint density at radius 1 is 1.30 bits per heavy atom. The van der Waals surface area contributed by atoms with Gasteiger partial charge in [0.15, 0.2) is 6.73 Å². The number of ether oxygens (including phenoxy) is 1. The Labute approximate surface area is 159 Å². The first-order valence-electron chi connectivity index (χ1n) is 7.91. The number of halogens is 1. The summed E-state index contributed by atoms with van der Waals surface area (Å²) in [6.07, 6.45) is 1.44. The Morgan fingerprint density at radius 2 is 2.07 bits per heavy atom. The van der Waals surface area contributed by atoms with Gasteiger partial charge in [-0.1, -0.05) is 29.8 Å². The van der Waals surface area contributed by atoms with Crippen LogP contribution in [0, 0.1) is 17.0 Å². The average Bonchev–Trinajstić information content (AvgIpc) is 3.11. The van der Waals surface area contributed by atoms with Crippen LogP contribution in [0.3, 0.4) is 0 Å². The molecule has 0 fully saturated rings. The predicted molar refractivity (Wildman–Crippen MR) is 100 cm³/mol. The van der Waals surface area contributed by atoms with E-state index in [-0.39, 0.29) is 23.8 Å². The van der Waals surface area contributed by atoms with Gasteiger partial charge < -0.3 is 10.1 Å². The second-order valence-electron chi connectivity index (χ2n) is 5.65. The van der Waals surface area contributed by atoms with Crippen molar-refractivity contribution in [2.75, 3.05) is 5.32 Å². The van der Waals surface area contributed by atoms with Crippen LogP contribution in [-0.4, -0.2) is 20.6 Å². The van der Waals surface area contributed by atoms with Gasteiger partial charge in [0, 0.05) is 12.3 Å². The molecule has 8 nitrogen and oxygen atoms in total. The maximum absolute atomic E-state index is 12.6. The number of amides is 1. The molecule has 1 aromatic heterocycles. The molecule has 0 saturated carbocycles. The molecule has 0 spiro atoms. The molecular weight excluding hydrogens is 372 g/mol. The maximum Gasteiger partial charge on any atom is 0.293 e. The fourth-order valence-corrected chi connectivity index (χ4v) is 2.60. The van der Waals surface area contributed by atoms with Crippen LogP contribution in [0.2, 0.25) is 5.02 Å². The van der Waals surface area contributed by atoms with E-state index >= 15 is 0 Å². The molecule has 138 valence electrons. The van der Waals surface area contributed by atoms with Crippen LogP contribution in [0.15, 0.2) is 54.7 Å². The minimum atomic E-state index is -0.541. The number of nitrogens with zero attached hydrogens (tertiary/aromatic N) is 3. The molecule has 3 aromatic rings. The van der Waals surface area contributed by atoms with E-state index in [1.54, 1.807) is 37.3 Å². The monoisotopic (exact) mass is 386 g/mol. The van der Waals surface area contributed by atoms with Crippen molar-refractivity contribution in [2.24, 2.45) is 0 Å². The first-order valence-corrected chi connectivity index (χ1v) is 8.29. The lowest BCUT2D eigenvalue weighted by atomic mass is 10.2. The number of carbonyl (C=O) groups is 1. The van der Waals surface area contributed by atoms with Crippen molar-refractivity contribution in [1.82, 2.24) is 9.78 Å². The number of para-hydroxylation sites is 1. The third-order valence-corrected chi connectivity index (χ3v) is 4.04. The van der Waals surface area contributed by atoms with Gasteiger partial charge in [0.05, 0.1) is 9.95 Å². The molecule has 3 rings (SSSR count). The number of nitro groups is 1. The zero-order valence-electron chi connectivity index (χ0n) is 14.3. The van der Waals surface area contributed by atoms with Gasteiger partial charge in [-0.05, 0) is 36.8 Å². The number of nitro benzene ring substituents is 1. The van der Waals surface area contributed by atoms with Gasteiger partial charge in [-0.15, -0.1) is 0 Å². The van der Waals surface area contributed by atoms with E-state index in [1.807, 2.05) is 0 Å². The molecule has 0 atom stereocenters. The number of benzene rings is 2. The highest BCUT2D eigenvalue weighted by atomic mass is 35.5. The fourth-order valence-electron chi connectivity index (χ4n) is 2.41. The van der Waals surface area contributed by atoms with Crippen molar-refractivity contribution in [3.63, 3.8) is 0 Å². The lowest BCUT2D eigenvalue weighted by Gasteiger charge is -2.11. The summed E-state index contributed by atoms with van der Waals surface area (Å²) in [5, 5.41) is 18.2. The number of hydrogen-bond acceptors (Lipinski definition) is 5. The van der Waals surface area contributed by atoms with Crippen molar-refractivity contribution < 1.29 is 14.5 Å². The highest BCUT2D eigenvalue weighted by Gasteiger charge is 2.19. The number of hydrogen-bond donors (Lipinski definition) is 1. The number of rotatable bonds is 6. The summed E-state index contributed by atoms with van der Waals surface area (Å²) < 4.78 is 6.91. The second-order valence-corrected chi connectivity index (χ2v) is 6.06. The highest BCUT2D eigenvalue weighted by molar-refractivity contribution is 6.32. The minimum Gasteiger partial charge on any atom is -0.470 e. The Kier molecular flexibility index (Phi) is 5.37. The lowest BCUT2D eigenvalue weighted by Crippen LogP contribution is -2.20. The standard InChI is InChI=1S/C18H15ClN4O4/c1-12-6-7-14(16(10-12)23(25)26)21-18(24)15-8-9-20-22(15)11-27-17-5-3-2-4-13(17)19/h2-10H,11H2,1H3,(H,21,24). The smallest absolute Gasteiger partial charge is 0.293 e. The number of aryl methyl sites for hydroxylation is 1. The molecular formula is C18H15ClN4O4. The van der Waals surface area contributed by atoms with E-state index < -0.39 is 10.8 Å². The Hall–Kier alpha value is -3.39. The zero-order valence-corrected chi connectivity index (χ0v) is 15.0. The fraction of sp³-hybridized carbons (Fsp3) is 0.111. The number of anilines is 1. The molecule has 0 radical (unpaired) electrons. The first kappa shape index (κ1) is 18.4. The molecule has 1 amide bonds. The highest BCUT2D eigenvalue weighted by Crippen LogP contribution is 2.26. The van der Waals surface area contributed by atoms with Crippen molar-refractivity contribution >= 4 is 28.9 Å². The molecule has 9 heteroatoms. The van der Waals surface area contributed by atoms with Crippen LogP contribution in [0.25, 0.3) is 0 Å². The van der Waals surface area contributed by atoms with Crippen LogP contribution in [0.5, 0.6) is 5.75 Å². The van der Waals surface area contributed by atoms with Crippen molar-refractivity contribution in [1.29, 1.82) is 0 Å². The van der Waals surface area contributed by atoms with Crippen LogP contribution < -0.4 is 10.1 Å². The van der Waals surface area contributed by atoms with E-state index in [9.17, 15) is 14.9 Å². The van der Waals surface area contributed by atoms with Gasteiger partial charge in [0.2, 0.25) is 0 Å². The predicted octanol–water partition coefficient (Wildman–Crippen LogP) is 4.04. The van der Waals surface area contributed by atoms with Gasteiger partial charge in [0.25, 0.3) is 11.6 Å². The summed E-state index contributed by atoms with van der Waals surface area (Å²) >= 11 is 6.04. The third kappa shape index (κ3) is 4.24. The molecule has 1 N–H and O–H groups in total. The number of carbonyl (C=O) groups excluding carboxylic acids is 1. The largest absolute Gasteiger partial charge is 0.470 e. The SMILES string of the molecule is Cc1ccc(NC(=O)c2ccnn2COc2ccccc2Cl)c([N+](=O)[O-])c1. The second kappa shape index (κ2) is 7.88. The van der Waals surface area contributed by atoms with Gasteiger partial charge >= 0.3 is 0 Å². The van der Waals surface area contributed by atoms with Crippen LogP contribution >= 0.6 is 11.6 Å². The Bertz CT molecular complexity index is 1000. The van der Waals surface area contributed by atoms with E-state index in [2.05, 4.69) is 10.4 Å². The summed E-state index contributed by atoms with van der Waals surface area (Å²) in [5.74, 6) is -0.0857. The summed E-state index contributed by atoms with van der Waals surface area (Å²) in [7, 11) is 0. The first-order chi connectivity index (χ1) is 13.0. The number of aromatic nitrogens is 2. The van der Waals surface area contributed by atoms with Crippen LogP contribution in [0.1, 0.15) is 16.1 Å². The van der Waals surface area contributed by atoms with Gasteiger partial charge in [-0.3, -0.25) is 14.9 Å². The molecule has 0 saturated heterocycles. The van der Waals surface area contributed by atoms with Crippen molar-refractivity contribution in [3.05, 3.63) is 81.1 Å². The molecule has 0 unspecified atom stereocenters. The molecule has 2 aromatic carbocycles. The normalized spacial score (nSPS) is 10.4. The van der Waals surface area contributed by atoms with Crippen LogP contribution in [-0.2, 0) is 6.73 Å². The molecule has 0 aliphatic rings. The summed E-state index contributed by atoms with van der Waals surface area (Å²) in [6.45, 7) is 1.69. The molecule has 0 aliphatic carbocycles. The maximum atomic E-state index is 12.6. The van der Waals surface area contributed by atoms with Crippen LogP contribution in [0.4, 0.5) is 11.4 Å². The van der Waals surface area contributed by atoms with Crippen molar-refractivity contribution in [2.45, 2.75) is 13.7 Å². The van der Waals surface area contributed by atoms with Gasteiger partial charge in [0.1, 0.15) is 17.1 Å². The number of nitrogens with one attached hydrogen (secondary N) is 1. The third-order valence-electron chi connectivity index (χ3n) is 3.73. The molecule has 0 aliphatic heterocycles. The topological polar surface area (TPSA) is 99.3 Å². The molecule has 0 bridgehead atoms. The quantitative estimate of drug-likeness (QED) is 0.509. The van der Waals surface area contributed by atoms with Gasteiger partial charge in [-0.2, -0.15) is 5.10 Å². The minimum absolute atomic E-state index is 0.0462.